The van der Waals surface area contributed by atoms with E-state index in [4.69, 9.17) is 5.14 Å². The Morgan fingerprint density at radius 1 is 1.03 bits per heavy atom. The number of aromatic nitrogens is 7. The molecule has 0 radical (unpaired) electrons. The van der Waals surface area contributed by atoms with Gasteiger partial charge in [-0.15, -0.1) is 10.2 Å². The lowest BCUT2D eigenvalue weighted by atomic mass is 9.97. The summed E-state index contributed by atoms with van der Waals surface area (Å²) in [7, 11) is -8.85. The summed E-state index contributed by atoms with van der Waals surface area (Å²) < 4.78 is 54.8. The molecule has 1 aliphatic rings. The normalized spacial score (nSPS) is 16.5. The van der Waals surface area contributed by atoms with E-state index >= 15 is 0 Å². The first-order valence-electron chi connectivity index (χ1n) is 10.4. The molecule has 6 N–H and O–H groups in total. The van der Waals surface area contributed by atoms with Crippen LogP contribution in [0, 0.1) is 0 Å². The fourth-order valence-electron chi connectivity index (χ4n) is 4.00. The van der Waals surface area contributed by atoms with Gasteiger partial charge >= 0.3 is 0 Å². The molecule has 1 saturated heterocycles. The Morgan fingerprint density at radius 3 is 2.51 bits per heavy atom. The van der Waals surface area contributed by atoms with Crippen molar-refractivity contribution in [3.8, 4) is 33.9 Å². The Morgan fingerprint density at radius 2 is 1.86 bits per heavy atom. The van der Waals surface area contributed by atoms with Crippen molar-refractivity contribution in [2.75, 3.05) is 13.1 Å². The Balaban J connectivity index is 1.75. The molecule has 4 aromatic rings. The maximum atomic E-state index is 13.3. The van der Waals surface area contributed by atoms with E-state index in [1.54, 1.807) is 24.3 Å². The summed E-state index contributed by atoms with van der Waals surface area (Å²) in [6.07, 6.45) is 1.99. The average Bonchev–Trinajstić information content (AvgIpc) is 3.61. The number of tetrazole rings is 1. The summed E-state index contributed by atoms with van der Waals surface area (Å²) >= 11 is 0. The molecule has 2 aromatic heterocycles. The van der Waals surface area contributed by atoms with E-state index < -0.39 is 29.8 Å². The summed E-state index contributed by atoms with van der Waals surface area (Å²) in [5.41, 5.74) is 1.41. The molecule has 14 nitrogen and oxygen atoms in total. The van der Waals surface area contributed by atoms with Gasteiger partial charge in [0, 0.05) is 18.2 Å². The van der Waals surface area contributed by atoms with Crippen LogP contribution < -0.4 is 15.2 Å². The second-order valence-electron chi connectivity index (χ2n) is 7.81. The van der Waals surface area contributed by atoms with Crippen molar-refractivity contribution >= 4 is 20.0 Å². The van der Waals surface area contributed by atoms with Gasteiger partial charge in [0.15, 0.2) is 5.82 Å². The Kier molecular flexibility index (Phi) is 5.89. The van der Waals surface area contributed by atoms with Crippen molar-refractivity contribution in [3.05, 3.63) is 42.7 Å². The van der Waals surface area contributed by atoms with Crippen molar-refractivity contribution < 1.29 is 16.8 Å². The number of nitrogens with two attached hydrogens (primary N) is 1. The molecule has 0 bridgehead atoms. The number of hydrogen-bond acceptors (Lipinski definition) is 10. The maximum Gasteiger partial charge on any atom is 0.242 e. The van der Waals surface area contributed by atoms with E-state index in [-0.39, 0.29) is 17.4 Å². The monoisotopic (exact) mass is 516 g/mol. The van der Waals surface area contributed by atoms with Gasteiger partial charge in [-0.2, -0.15) is 10.3 Å². The molecule has 16 heteroatoms. The highest BCUT2D eigenvalue weighted by atomic mass is 32.2. The molecule has 3 heterocycles. The van der Waals surface area contributed by atoms with Crippen LogP contribution in [-0.4, -0.2) is 71.8 Å². The number of nitrogens with zero attached hydrogens (tertiary/aromatic N) is 5. The predicted octanol–water partition coefficient (Wildman–Crippen LogP) is -0.394. The fourth-order valence-corrected chi connectivity index (χ4v) is 6.87. The van der Waals surface area contributed by atoms with E-state index in [2.05, 4.69) is 45.8 Å². The molecule has 0 spiro atoms. The third-order valence-electron chi connectivity index (χ3n) is 5.49. The van der Waals surface area contributed by atoms with Gasteiger partial charge < -0.3 is 5.32 Å². The highest BCUT2D eigenvalue weighted by molar-refractivity contribution is 7.92. The lowest BCUT2D eigenvalue weighted by Crippen LogP contribution is -2.37. The number of primary sulfonamides is 1. The zero-order valence-electron chi connectivity index (χ0n) is 18.0. The van der Waals surface area contributed by atoms with E-state index in [1.807, 2.05) is 0 Å². The van der Waals surface area contributed by atoms with Crippen molar-refractivity contribution in [3.63, 3.8) is 0 Å². The molecule has 1 fully saturated rings. The van der Waals surface area contributed by atoms with Crippen molar-refractivity contribution in [1.29, 1.82) is 0 Å². The van der Waals surface area contributed by atoms with Gasteiger partial charge in [0.2, 0.25) is 25.9 Å². The molecule has 1 unspecified atom stereocenters. The number of benzene rings is 2. The molecule has 182 valence electrons. The minimum atomic E-state index is -4.58. The first-order chi connectivity index (χ1) is 16.7. The quantitative estimate of drug-likeness (QED) is 0.214. The summed E-state index contributed by atoms with van der Waals surface area (Å²) in [4.78, 5) is 3.00. The third kappa shape index (κ3) is 4.56. The zero-order valence-corrected chi connectivity index (χ0v) is 19.6. The molecule has 1 atom stereocenters. The summed E-state index contributed by atoms with van der Waals surface area (Å²) in [5, 5.41) is 29.0. The van der Waals surface area contributed by atoms with E-state index in [1.165, 1.54) is 18.5 Å². The lowest BCUT2D eigenvalue weighted by molar-refractivity contribution is 0.555. The minimum absolute atomic E-state index is 0.0965. The molecule has 1 aliphatic heterocycles. The Bertz CT molecular complexity index is 1560. The van der Waals surface area contributed by atoms with Gasteiger partial charge in [0.25, 0.3) is 0 Å². The lowest BCUT2D eigenvalue weighted by Gasteiger charge is -2.18. The third-order valence-corrected chi connectivity index (χ3v) is 8.18. The van der Waals surface area contributed by atoms with Crippen LogP contribution in [-0.2, 0) is 20.0 Å². The molecule has 2 aromatic carbocycles. The standard InChI is InChI=1S/C19H20N10O4S2/c20-34(30,31)17-15(35(32,33)27-13-6-7-21-9-13)5-4-14(16(17)19-25-28-29-26-19)11-2-1-3-12(8-11)18-22-10-23-24-18/h1-5,8,10,13,21,27H,6-7,9H2,(H2,20,30,31)(H,22,23,24)(H,25,26,28,29). The molecule has 0 saturated carbocycles. The van der Waals surface area contributed by atoms with Crippen LogP contribution in [0.5, 0.6) is 0 Å². The second-order valence-corrected chi connectivity index (χ2v) is 11.0. The number of rotatable bonds is 7. The summed E-state index contributed by atoms with van der Waals surface area (Å²) in [6.45, 7) is 1.07. The van der Waals surface area contributed by atoms with Crippen molar-refractivity contribution in [2.24, 2.45) is 5.14 Å². The number of nitrogens with one attached hydrogen (secondary N) is 4. The summed E-state index contributed by atoms with van der Waals surface area (Å²) in [5.74, 6) is 0.292. The van der Waals surface area contributed by atoms with Gasteiger partial charge in [0.1, 0.15) is 16.1 Å². The van der Waals surface area contributed by atoms with Crippen LogP contribution in [0.4, 0.5) is 0 Å². The van der Waals surface area contributed by atoms with Crippen LogP contribution in [0.25, 0.3) is 33.9 Å². The number of H-pyrrole nitrogens is 2. The SMILES string of the molecule is NS(=O)(=O)c1c(S(=O)(=O)NC2CCNC2)ccc(-c2cccc(-c3nc[nH]n3)c2)c1-c1nn[nH]n1. The second kappa shape index (κ2) is 8.90. The highest BCUT2D eigenvalue weighted by Crippen LogP contribution is 2.39. The first-order valence-corrected chi connectivity index (χ1v) is 13.4. The van der Waals surface area contributed by atoms with E-state index in [0.717, 1.165) is 0 Å². The average molecular weight is 517 g/mol. The van der Waals surface area contributed by atoms with Gasteiger partial charge in [-0.1, -0.05) is 24.3 Å². The molecule has 35 heavy (non-hydrogen) atoms. The fraction of sp³-hybridized carbons (Fsp3) is 0.211. The van der Waals surface area contributed by atoms with Crippen LogP contribution in [0.2, 0.25) is 0 Å². The summed E-state index contributed by atoms with van der Waals surface area (Å²) in [6, 6.07) is 9.27. The Hall–Kier alpha value is -3.57. The Labute approximate surface area is 199 Å². The predicted molar refractivity (Wildman–Crippen MR) is 123 cm³/mol. The molecule has 0 amide bonds. The topological polar surface area (TPSA) is 214 Å². The van der Waals surface area contributed by atoms with Crippen molar-refractivity contribution in [2.45, 2.75) is 22.3 Å². The molecular weight excluding hydrogens is 496 g/mol. The van der Waals surface area contributed by atoms with Crippen LogP contribution in [0.3, 0.4) is 0 Å². The van der Waals surface area contributed by atoms with Gasteiger partial charge in [-0.05, 0) is 41.4 Å². The van der Waals surface area contributed by atoms with Crippen LogP contribution in [0.15, 0.2) is 52.5 Å². The maximum absolute atomic E-state index is 13.3. The number of sulfonamides is 2. The van der Waals surface area contributed by atoms with Crippen LogP contribution >= 0.6 is 0 Å². The molecule has 5 rings (SSSR count). The van der Waals surface area contributed by atoms with E-state index in [0.29, 0.717) is 42.0 Å². The molecular formula is C19H20N10O4S2. The van der Waals surface area contributed by atoms with Crippen molar-refractivity contribution in [1.82, 2.24) is 45.8 Å². The van der Waals surface area contributed by atoms with Crippen LogP contribution in [0.1, 0.15) is 6.42 Å². The van der Waals surface area contributed by atoms with Gasteiger partial charge in [-0.25, -0.2) is 31.7 Å². The smallest absolute Gasteiger partial charge is 0.242 e. The van der Waals surface area contributed by atoms with Gasteiger partial charge in [-0.3, -0.25) is 5.10 Å². The number of aromatic amines is 2. The minimum Gasteiger partial charge on any atom is -0.315 e. The first kappa shape index (κ1) is 23.2. The zero-order chi connectivity index (χ0) is 24.6. The van der Waals surface area contributed by atoms with E-state index in [9.17, 15) is 16.8 Å². The largest absolute Gasteiger partial charge is 0.315 e. The molecule has 0 aliphatic carbocycles. The highest BCUT2D eigenvalue weighted by Gasteiger charge is 2.33. The van der Waals surface area contributed by atoms with Gasteiger partial charge in [0.05, 0.1) is 5.56 Å². The number of hydrogen-bond donors (Lipinski definition) is 5.